The maximum absolute atomic E-state index is 13.6. The van der Waals surface area contributed by atoms with E-state index in [0.29, 0.717) is 0 Å². The van der Waals surface area contributed by atoms with Crippen molar-refractivity contribution in [3.8, 4) is 0 Å². The second-order valence-electron chi connectivity index (χ2n) is 4.40. The summed E-state index contributed by atoms with van der Waals surface area (Å²) >= 11 is 0. The summed E-state index contributed by atoms with van der Waals surface area (Å²) < 4.78 is 13.6. The number of halogens is 1. The molecule has 0 unspecified atom stereocenters. The number of nitrogens with one attached hydrogen (secondary N) is 1. The fraction of sp³-hybridized carbons (Fsp3) is 0.357. The standard InChI is InChI=1S/C14H17FN2O4/c1-10(18)16-7-9-17(8-6-13(19)20)14(21)11-4-2-3-5-12(11)15/h2-5H,6-9H2,1H3,(H,16,18)(H,19,20). The minimum Gasteiger partial charge on any atom is -0.481 e. The van der Waals surface area contributed by atoms with Gasteiger partial charge in [0, 0.05) is 26.6 Å². The first-order chi connectivity index (χ1) is 9.91. The molecule has 1 rings (SSSR count). The average Bonchev–Trinajstić information content (AvgIpc) is 2.41. The second-order valence-corrected chi connectivity index (χ2v) is 4.40. The van der Waals surface area contributed by atoms with Gasteiger partial charge in [0.15, 0.2) is 0 Å². The van der Waals surface area contributed by atoms with Crippen molar-refractivity contribution < 1.29 is 23.9 Å². The summed E-state index contributed by atoms with van der Waals surface area (Å²) in [6.45, 7) is 1.57. The number of hydrogen-bond donors (Lipinski definition) is 2. The molecule has 0 aliphatic rings. The van der Waals surface area contributed by atoms with Crippen LogP contribution in [0.3, 0.4) is 0 Å². The fourth-order valence-corrected chi connectivity index (χ4v) is 1.72. The van der Waals surface area contributed by atoms with Crippen molar-refractivity contribution >= 4 is 17.8 Å². The zero-order valence-corrected chi connectivity index (χ0v) is 11.6. The molecule has 0 fully saturated rings. The Hall–Kier alpha value is -2.44. The Morgan fingerprint density at radius 2 is 1.90 bits per heavy atom. The van der Waals surface area contributed by atoms with E-state index in [1.807, 2.05) is 0 Å². The molecule has 0 radical (unpaired) electrons. The van der Waals surface area contributed by atoms with Crippen molar-refractivity contribution in [1.82, 2.24) is 10.2 Å². The molecule has 2 N–H and O–H groups in total. The van der Waals surface area contributed by atoms with Gasteiger partial charge in [-0.25, -0.2) is 4.39 Å². The molecule has 0 bridgehead atoms. The normalized spacial score (nSPS) is 10.0. The molecule has 1 aromatic rings. The largest absolute Gasteiger partial charge is 0.481 e. The van der Waals surface area contributed by atoms with Gasteiger partial charge in [-0.1, -0.05) is 12.1 Å². The highest BCUT2D eigenvalue weighted by atomic mass is 19.1. The van der Waals surface area contributed by atoms with Gasteiger partial charge in [-0.15, -0.1) is 0 Å². The van der Waals surface area contributed by atoms with Crippen LogP contribution < -0.4 is 5.32 Å². The summed E-state index contributed by atoms with van der Waals surface area (Å²) in [5, 5.41) is 11.2. The van der Waals surface area contributed by atoms with Gasteiger partial charge in [-0.3, -0.25) is 14.4 Å². The van der Waals surface area contributed by atoms with Crippen LogP contribution in [-0.4, -0.2) is 47.4 Å². The summed E-state index contributed by atoms with van der Waals surface area (Å²) in [4.78, 5) is 34.9. The molecular formula is C14H17FN2O4. The monoisotopic (exact) mass is 296 g/mol. The van der Waals surface area contributed by atoms with Crippen LogP contribution >= 0.6 is 0 Å². The van der Waals surface area contributed by atoms with Crippen LogP contribution in [0.2, 0.25) is 0 Å². The first-order valence-electron chi connectivity index (χ1n) is 6.42. The van der Waals surface area contributed by atoms with E-state index in [1.165, 1.54) is 30.0 Å². The van der Waals surface area contributed by atoms with Gasteiger partial charge < -0.3 is 15.3 Å². The van der Waals surface area contributed by atoms with E-state index in [0.717, 1.165) is 6.07 Å². The van der Waals surface area contributed by atoms with Crippen LogP contribution in [0.15, 0.2) is 24.3 Å². The highest BCUT2D eigenvalue weighted by Gasteiger charge is 2.19. The van der Waals surface area contributed by atoms with E-state index in [9.17, 15) is 18.8 Å². The number of benzene rings is 1. The van der Waals surface area contributed by atoms with E-state index in [2.05, 4.69) is 5.32 Å². The number of aliphatic carboxylic acids is 1. The molecule has 0 atom stereocenters. The van der Waals surface area contributed by atoms with Gasteiger partial charge in [0.25, 0.3) is 5.91 Å². The van der Waals surface area contributed by atoms with Crippen LogP contribution in [0.4, 0.5) is 4.39 Å². The fourth-order valence-electron chi connectivity index (χ4n) is 1.72. The predicted octanol–water partition coefficient (Wildman–Crippen LogP) is 0.879. The molecule has 0 saturated carbocycles. The third-order valence-corrected chi connectivity index (χ3v) is 2.74. The Bertz CT molecular complexity index is 533. The van der Waals surface area contributed by atoms with Crippen molar-refractivity contribution in [2.45, 2.75) is 13.3 Å². The highest BCUT2D eigenvalue weighted by Crippen LogP contribution is 2.10. The van der Waals surface area contributed by atoms with E-state index < -0.39 is 17.7 Å². The van der Waals surface area contributed by atoms with Crippen molar-refractivity contribution in [2.75, 3.05) is 19.6 Å². The van der Waals surface area contributed by atoms with Crippen molar-refractivity contribution in [3.63, 3.8) is 0 Å². The Morgan fingerprint density at radius 3 is 2.48 bits per heavy atom. The van der Waals surface area contributed by atoms with Gasteiger partial charge in [-0.2, -0.15) is 0 Å². The lowest BCUT2D eigenvalue weighted by Gasteiger charge is -2.22. The summed E-state index contributed by atoms with van der Waals surface area (Å²) in [6.07, 6.45) is -0.250. The molecule has 7 heteroatoms. The molecule has 2 amide bonds. The third kappa shape index (κ3) is 5.60. The molecule has 114 valence electrons. The predicted molar refractivity (Wildman–Crippen MR) is 73.2 cm³/mol. The molecular weight excluding hydrogens is 279 g/mol. The summed E-state index contributed by atoms with van der Waals surface area (Å²) in [6, 6.07) is 5.49. The lowest BCUT2D eigenvalue weighted by Crippen LogP contribution is -2.39. The van der Waals surface area contributed by atoms with E-state index >= 15 is 0 Å². The molecule has 0 heterocycles. The van der Waals surface area contributed by atoms with E-state index in [1.54, 1.807) is 0 Å². The Balaban J connectivity index is 2.78. The lowest BCUT2D eigenvalue weighted by atomic mass is 10.2. The zero-order valence-electron chi connectivity index (χ0n) is 11.6. The minimum absolute atomic E-state index is 0.0535. The Kier molecular flexibility index (Phi) is 6.32. The first kappa shape index (κ1) is 16.6. The van der Waals surface area contributed by atoms with Crippen LogP contribution in [0, 0.1) is 5.82 Å². The van der Waals surface area contributed by atoms with Crippen LogP contribution in [0.5, 0.6) is 0 Å². The third-order valence-electron chi connectivity index (χ3n) is 2.74. The van der Waals surface area contributed by atoms with Crippen molar-refractivity contribution in [3.05, 3.63) is 35.6 Å². The molecule has 1 aromatic carbocycles. The maximum Gasteiger partial charge on any atom is 0.305 e. The molecule has 0 aliphatic heterocycles. The quantitative estimate of drug-likeness (QED) is 0.782. The van der Waals surface area contributed by atoms with Crippen LogP contribution in [0.25, 0.3) is 0 Å². The van der Waals surface area contributed by atoms with E-state index in [4.69, 9.17) is 5.11 Å². The molecule has 0 saturated heterocycles. The number of carbonyl (C=O) groups is 3. The zero-order chi connectivity index (χ0) is 15.8. The number of hydrogen-bond acceptors (Lipinski definition) is 3. The smallest absolute Gasteiger partial charge is 0.305 e. The van der Waals surface area contributed by atoms with Crippen molar-refractivity contribution in [1.29, 1.82) is 0 Å². The number of carboxylic acid groups (broad SMARTS) is 1. The Labute approximate surface area is 121 Å². The summed E-state index contributed by atoms with van der Waals surface area (Å²) in [5.74, 6) is -2.57. The second kappa shape index (κ2) is 7.98. The summed E-state index contributed by atoms with van der Waals surface area (Å²) in [7, 11) is 0. The highest BCUT2D eigenvalue weighted by molar-refractivity contribution is 5.94. The number of amides is 2. The summed E-state index contributed by atoms with van der Waals surface area (Å²) in [5.41, 5.74) is -0.120. The molecule has 0 aliphatic carbocycles. The maximum atomic E-state index is 13.6. The van der Waals surface area contributed by atoms with E-state index in [-0.39, 0.29) is 37.5 Å². The Morgan fingerprint density at radius 1 is 1.24 bits per heavy atom. The minimum atomic E-state index is -1.05. The molecule has 21 heavy (non-hydrogen) atoms. The topological polar surface area (TPSA) is 86.7 Å². The molecule has 0 aromatic heterocycles. The van der Waals surface area contributed by atoms with Gasteiger partial charge in [-0.05, 0) is 12.1 Å². The van der Waals surface area contributed by atoms with Crippen LogP contribution in [0.1, 0.15) is 23.7 Å². The van der Waals surface area contributed by atoms with Crippen LogP contribution in [-0.2, 0) is 9.59 Å². The van der Waals surface area contributed by atoms with Gasteiger partial charge in [0.2, 0.25) is 5.91 Å². The van der Waals surface area contributed by atoms with Crippen molar-refractivity contribution in [2.24, 2.45) is 0 Å². The number of carbonyl (C=O) groups excluding carboxylic acids is 2. The first-order valence-corrected chi connectivity index (χ1v) is 6.42. The van der Waals surface area contributed by atoms with Gasteiger partial charge >= 0.3 is 5.97 Å². The SMILES string of the molecule is CC(=O)NCCN(CCC(=O)O)C(=O)c1ccccc1F. The number of nitrogens with zero attached hydrogens (tertiary/aromatic N) is 1. The van der Waals surface area contributed by atoms with Gasteiger partial charge in [0.05, 0.1) is 12.0 Å². The number of carboxylic acids is 1. The average molecular weight is 296 g/mol. The molecule has 6 nitrogen and oxygen atoms in total. The molecule has 0 spiro atoms. The van der Waals surface area contributed by atoms with Gasteiger partial charge in [0.1, 0.15) is 5.82 Å². The number of rotatable bonds is 7. The lowest BCUT2D eigenvalue weighted by molar-refractivity contribution is -0.137.